The van der Waals surface area contributed by atoms with Crippen LogP contribution in [-0.4, -0.2) is 148 Å². The average Bonchev–Trinajstić information content (AvgIpc) is 3.99. The summed E-state index contributed by atoms with van der Waals surface area (Å²) in [4.78, 5) is 85.8. The third-order valence-electron chi connectivity index (χ3n) is 9.63. The van der Waals surface area contributed by atoms with Gasteiger partial charge in [0.1, 0.15) is 24.2 Å². The Labute approximate surface area is 385 Å². The van der Waals surface area contributed by atoms with Gasteiger partial charge >= 0.3 is 29.9 Å². The lowest BCUT2D eigenvalue weighted by Gasteiger charge is -2.18. The number of carboxylic acids is 4. The van der Waals surface area contributed by atoms with E-state index < -0.39 is 48.0 Å². The summed E-state index contributed by atoms with van der Waals surface area (Å²) in [5, 5.41) is 51.2. The fraction of sp³-hybridized carbons (Fsp3) is 0.658. The van der Waals surface area contributed by atoms with Gasteiger partial charge in [0.15, 0.2) is 0 Å². The number of hydrogen-bond acceptors (Lipinski definition) is 15. The summed E-state index contributed by atoms with van der Waals surface area (Å²) >= 11 is 0. The Morgan fingerprint density at radius 3 is 1.93 bits per heavy atom. The number of carbonyl (C=O) groups excluding carboxylic acids is 3. The number of unbranched alkanes of at least 4 members (excludes halogenated alkanes) is 2. The molecule has 0 spiro atoms. The Hall–Kier alpha value is -6.96. The van der Waals surface area contributed by atoms with Gasteiger partial charge in [-0.1, -0.05) is 53.0 Å². The van der Waals surface area contributed by atoms with Crippen molar-refractivity contribution in [2.45, 2.75) is 108 Å². The molecule has 2 saturated heterocycles. The van der Waals surface area contributed by atoms with Crippen LogP contribution in [0, 0.1) is 5.92 Å². The molecule has 3 rings (SSSR count). The Kier molecular flexibility index (Phi) is 31.7. The van der Waals surface area contributed by atoms with Gasteiger partial charge in [-0.05, 0) is 78.6 Å². The number of amides is 4. The fourth-order valence-electron chi connectivity index (χ4n) is 5.65. The minimum absolute atomic E-state index is 0.0451. The molecule has 6 atom stereocenters. The number of carboxylic acid groups (broad SMARTS) is 4. The zero-order valence-electron chi connectivity index (χ0n) is 37.4. The second-order valence-electron chi connectivity index (χ2n) is 15.1. The number of carbonyl (C=O) groups is 7. The van der Waals surface area contributed by atoms with Crippen molar-refractivity contribution in [3.05, 3.63) is 66.7 Å². The first-order valence-corrected chi connectivity index (χ1v) is 21.2. The third kappa shape index (κ3) is 28.5. The molecule has 1 aromatic carbocycles. The largest absolute Gasteiger partial charge is 0.480 e. The first-order valence-electron chi connectivity index (χ1n) is 21.2. The molecule has 67 heavy (non-hydrogen) atoms. The normalized spacial score (nSPS) is 16.3. The first-order chi connectivity index (χ1) is 31.8. The molecule has 15 N–H and O–H groups in total. The van der Waals surface area contributed by atoms with Crippen LogP contribution in [0.15, 0.2) is 39.6 Å². The van der Waals surface area contributed by atoms with Crippen LogP contribution in [0.1, 0.15) is 75.8 Å². The summed E-state index contributed by atoms with van der Waals surface area (Å²) in [6.07, 6.45) is 5.65. The van der Waals surface area contributed by atoms with E-state index in [0.29, 0.717) is 58.7 Å². The summed E-state index contributed by atoms with van der Waals surface area (Å²) in [6.45, 7) is 4.98. The zero-order chi connectivity index (χ0) is 50.7. The number of benzene rings is 1. The van der Waals surface area contributed by atoms with Crippen LogP contribution < -0.4 is 39.0 Å². The lowest BCUT2D eigenvalue weighted by atomic mass is 10.0. The van der Waals surface area contributed by atoms with Gasteiger partial charge in [-0.3, -0.25) is 33.8 Å². The molecule has 372 valence electrons. The monoisotopic (exact) mass is 949 g/mol. The van der Waals surface area contributed by atoms with Gasteiger partial charge in [-0.2, -0.15) is 0 Å². The second kappa shape index (κ2) is 35.3. The van der Waals surface area contributed by atoms with E-state index in [2.05, 4.69) is 46.1 Å². The van der Waals surface area contributed by atoms with Crippen LogP contribution in [0.5, 0.6) is 0 Å². The Bertz CT molecular complexity index is 1870. The molecule has 2 fully saturated rings. The molecule has 2 unspecified atom stereocenters. The summed E-state index contributed by atoms with van der Waals surface area (Å²) in [7, 11) is 0. The maximum Gasteiger partial charge on any atom is 0.322 e. The number of nitrogens with zero attached hydrogens (tertiary/aromatic N) is 11. The van der Waals surface area contributed by atoms with E-state index in [-0.39, 0.29) is 55.6 Å². The van der Waals surface area contributed by atoms with Gasteiger partial charge < -0.3 is 58.9 Å². The highest BCUT2D eigenvalue weighted by Gasteiger charge is 2.27. The zero-order valence-corrected chi connectivity index (χ0v) is 37.4. The number of azide groups is 3. The fourth-order valence-corrected chi connectivity index (χ4v) is 5.65. The molecule has 1 aromatic rings. The summed E-state index contributed by atoms with van der Waals surface area (Å²) in [5.41, 5.74) is 50.4. The van der Waals surface area contributed by atoms with Crippen molar-refractivity contribution < 1.29 is 54.0 Å². The van der Waals surface area contributed by atoms with Crippen LogP contribution in [0.25, 0.3) is 31.3 Å². The second-order valence-corrected chi connectivity index (χ2v) is 15.1. The minimum atomic E-state index is -1.15. The molecule has 4 amide bonds. The lowest BCUT2D eigenvalue weighted by molar-refractivity contribution is -0.140. The highest BCUT2D eigenvalue weighted by molar-refractivity contribution is 5.79. The number of hydrazine groups is 1. The van der Waals surface area contributed by atoms with Crippen LogP contribution in [0.4, 0.5) is 4.79 Å². The highest BCUT2D eigenvalue weighted by Crippen LogP contribution is 2.16. The number of likely N-dealkylation sites (tertiary alicyclic amines) is 1. The number of aliphatic carboxylic acids is 4. The molecule has 0 aliphatic carbocycles. The molecule has 29 nitrogen and oxygen atoms in total. The lowest BCUT2D eigenvalue weighted by Crippen LogP contribution is -2.46. The predicted octanol–water partition coefficient (Wildman–Crippen LogP) is 1.27. The molecule has 0 radical (unpaired) electrons. The van der Waals surface area contributed by atoms with E-state index in [1.165, 1.54) is 5.01 Å². The maximum absolute atomic E-state index is 11.7. The summed E-state index contributed by atoms with van der Waals surface area (Å²) in [6, 6.07) is 2.73. The van der Waals surface area contributed by atoms with Crippen molar-refractivity contribution in [1.82, 2.24) is 26.0 Å². The third-order valence-corrected chi connectivity index (χ3v) is 9.63. The number of urea groups is 1. The van der Waals surface area contributed by atoms with Crippen molar-refractivity contribution in [3.8, 4) is 0 Å². The SMILES string of the molecule is CCCCC(=O)NCCCC[C@H](N)C(=O)O.[N-]=[N+]=NC1CNN(C(=O)CC[C@H](N)C(=O)O)C1.[N-]=[N+]=NCC1CCN(C(=O)NC[C@H](N)C(=O)O)C1.[N-]=[N+]=NCc1ccc(C[C@H](N)C(=O)O)cc1. The topological polar surface area (TPSA) is 493 Å². The maximum atomic E-state index is 11.7. The molecule has 2 heterocycles. The van der Waals surface area contributed by atoms with Gasteiger partial charge in [-0.15, -0.1) is 0 Å². The van der Waals surface area contributed by atoms with Crippen LogP contribution in [-0.2, 0) is 41.7 Å². The van der Waals surface area contributed by atoms with E-state index >= 15 is 0 Å². The molecule has 2 aliphatic heterocycles. The Morgan fingerprint density at radius 2 is 1.36 bits per heavy atom. The summed E-state index contributed by atoms with van der Waals surface area (Å²) in [5.74, 6) is -4.27. The van der Waals surface area contributed by atoms with Crippen molar-refractivity contribution in [2.24, 2.45) is 44.2 Å². The van der Waals surface area contributed by atoms with E-state index in [9.17, 15) is 33.6 Å². The van der Waals surface area contributed by atoms with Crippen molar-refractivity contribution in [1.29, 1.82) is 0 Å². The standard InChI is InChI=1S/C11H22N2O3.C10H12N4O2.C9H16N6O3.C8H14N6O3/c1-2-3-7-10(14)13-8-5-4-6-9(12)11(15)16;11-9(10(15)16)5-7-1-3-8(4-2-7)6-13-14-12;10-7(8(16)17)4-12-9(18)15-2-1-6(5-15)3-13-14-11;9-6(8(16)17)1-2-7(15)14-4-5(3-11-14)12-13-10/h9H,2-8,12H2,1H3,(H,13,14)(H,15,16);1-4,9H,5-6,11H2,(H,15,16);6-7H,1-5,10H2,(H,12,18)(H,16,17);5-6,11H,1-4,9H2,(H,16,17)/t2*9-;6?,7-;5?,6-/m0000/s1. The van der Waals surface area contributed by atoms with Gasteiger partial charge in [0.2, 0.25) is 11.8 Å². The van der Waals surface area contributed by atoms with Gasteiger partial charge in [0.05, 0.1) is 12.6 Å². The van der Waals surface area contributed by atoms with Crippen LogP contribution in [0.3, 0.4) is 0 Å². The van der Waals surface area contributed by atoms with Gasteiger partial charge in [-0.25, -0.2) is 10.2 Å². The molecule has 0 aromatic heterocycles. The number of nitrogens with one attached hydrogen (secondary N) is 3. The molecule has 0 bridgehead atoms. The smallest absolute Gasteiger partial charge is 0.322 e. The molecular formula is C38H64N18O11. The number of rotatable bonds is 24. The predicted molar refractivity (Wildman–Crippen MR) is 241 cm³/mol. The van der Waals surface area contributed by atoms with Gasteiger partial charge in [0, 0.05) is 73.4 Å². The highest BCUT2D eigenvalue weighted by atomic mass is 16.4. The van der Waals surface area contributed by atoms with Crippen molar-refractivity contribution >= 4 is 41.7 Å². The first kappa shape index (κ1) is 60.0. The van der Waals surface area contributed by atoms with Gasteiger partial charge in [0.25, 0.3) is 0 Å². The van der Waals surface area contributed by atoms with Crippen molar-refractivity contribution in [2.75, 3.05) is 45.8 Å². The van der Waals surface area contributed by atoms with Crippen molar-refractivity contribution in [3.63, 3.8) is 0 Å². The van der Waals surface area contributed by atoms with Crippen LogP contribution in [0.2, 0.25) is 0 Å². The molecule has 0 saturated carbocycles. The molecular weight excluding hydrogens is 885 g/mol. The van der Waals surface area contributed by atoms with E-state index in [1.54, 1.807) is 29.2 Å². The van der Waals surface area contributed by atoms with E-state index in [4.69, 9.17) is 60.0 Å². The number of nitrogens with two attached hydrogens (primary N) is 4. The Balaban J connectivity index is 0.000000868. The minimum Gasteiger partial charge on any atom is -0.480 e. The summed E-state index contributed by atoms with van der Waals surface area (Å²) < 4.78 is 0. The number of hydrogen-bond donors (Lipinski definition) is 11. The molecule has 2 aliphatic rings. The average molecular weight is 949 g/mol. The van der Waals surface area contributed by atoms with E-state index in [1.807, 2.05) is 6.92 Å². The quantitative estimate of drug-likeness (QED) is 0.0301. The van der Waals surface area contributed by atoms with E-state index in [0.717, 1.165) is 43.2 Å². The Morgan fingerprint density at radius 1 is 0.761 bits per heavy atom. The molecule has 29 heteroatoms. The van der Waals surface area contributed by atoms with Crippen LogP contribution >= 0.6 is 0 Å².